The fraction of sp³-hybridized carbons (Fsp3) is 0.429. The molecule has 0 aliphatic heterocycles. The van der Waals surface area contributed by atoms with Crippen LogP contribution in [0, 0.1) is 6.92 Å². The molecule has 0 unspecified atom stereocenters. The molecular formula is C21H26N2O. The molecule has 0 saturated heterocycles. The van der Waals surface area contributed by atoms with E-state index in [1.807, 2.05) is 25.1 Å². The maximum atomic E-state index is 6.16. The van der Waals surface area contributed by atoms with Crippen LogP contribution in [-0.4, -0.2) is 9.97 Å². The second kappa shape index (κ2) is 5.44. The normalized spacial score (nSPS) is 12.8. The van der Waals surface area contributed by atoms with E-state index in [-0.39, 0.29) is 10.8 Å². The van der Waals surface area contributed by atoms with Crippen LogP contribution in [0.15, 0.2) is 34.7 Å². The summed E-state index contributed by atoms with van der Waals surface area (Å²) in [7, 11) is 0. The van der Waals surface area contributed by atoms with Crippen molar-refractivity contribution >= 4 is 11.1 Å². The average Bonchev–Trinajstić information content (AvgIpc) is 2.88. The van der Waals surface area contributed by atoms with Crippen LogP contribution in [-0.2, 0) is 10.8 Å². The van der Waals surface area contributed by atoms with Gasteiger partial charge in [-0.05, 0) is 41.5 Å². The van der Waals surface area contributed by atoms with Crippen molar-refractivity contribution in [2.75, 3.05) is 0 Å². The number of benzene rings is 1. The van der Waals surface area contributed by atoms with Crippen molar-refractivity contribution in [2.24, 2.45) is 0 Å². The van der Waals surface area contributed by atoms with Crippen molar-refractivity contribution in [1.29, 1.82) is 0 Å². The number of fused-ring (bicyclic) bond motifs is 1. The van der Waals surface area contributed by atoms with E-state index >= 15 is 0 Å². The molecule has 24 heavy (non-hydrogen) atoms. The molecule has 2 aromatic heterocycles. The maximum Gasteiger partial charge on any atom is 0.246 e. The van der Waals surface area contributed by atoms with Crippen molar-refractivity contribution in [1.82, 2.24) is 9.97 Å². The molecule has 3 aromatic rings. The maximum absolute atomic E-state index is 6.16. The molecule has 0 aliphatic rings. The molecule has 0 bridgehead atoms. The second-order valence-corrected chi connectivity index (χ2v) is 8.56. The SMILES string of the molecule is Cc1cccc(-c2nc3cc(C(C)(C)C)cc(C(C)(C)C)c3o2)n1. The Hall–Kier alpha value is -2.16. The van der Waals surface area contributed by atoms with Crippen molar-refractivity contribution in [2.45, 2.75) is 59.3 Å². The van der Waals surface area contributed by atoms with Crippen LogP contribution in [0.5, 0.6) is 0 Å². The summed E-state index contributed by atoms with van der Waals surface area (Å²) in [4.78, 5) is 9.29. The highest BCUT2D eigenvalue weighted by Crippen LogP contribution is 2.36. The molecule has 0 radical (unpaired) electrons. The number of nitrogens with zero attached hydrogens (tertiary/aromatic N) is 2. The van der Waals surface area contributed by atoms with Gasteiger partial charge in [-0.1, -0.05) is 53.7 Å². The smallest absolute Gasteiger partial charge is 0.246 e. The molecule has 0 fully saturated rings. The van der Waals surface area contributed by atoms with Crippen molar-refractivity contribution < 1.29 is 4.42 Å². The molecule has 0 aliphatic carbocycles. The number of aryl methyl sites for hydroxylation is 1. The first-order chi connectivity index (χ1) is 11.1. The Morgan fingerprint density at radius 1 is 0.875 bits per heavy atom. The van der Waals surface area contributed by atoms with Gasteiger partial charge in [0.05, 0.1) is 0 Å². The highest BCUT2D eigenvalue weighted by Gasteiger charge is 2.25. The summed E-state index contributed by atoms with van der Waals surface area (Å²) < 4.78 is 6.16. The second-order valence-electron chi connectivity index (χ2n) is 8.56. The van der Waals surface area contributed by atoms with Gasteiger partial charge in [-0.25, -0.2) is 9.97 Å². The number of pyridine rings is 1. The first kappa shape index (κ1) is 16.7. The molecule has 3 nitrogen and oxygen atoms in total. The van der Waals surface area contributed by atoms with E-state index in [0.29, 0.717) is 5.89 Å². The van der Waals surface area contributed by atoms with E-state index in [0.717, 1.165) is 22.5 Å². The van der Waals surface area contributed by atoms with Gasteiger partial charge in [0.1, 0.15) is 11.2 Å². The molecule has 2 heterocycles. The van der Waals surface area contributed by atoms with E-state index < -0.39 is 0 Å². The number of hydrogen-bond donors (Lipinski definition) is 0. The Balaban J connectivity index is 2.28. The molecule has 0 spiro atoms. The summed E-state index contributed by atoms with van der Waals surface area (Å²) in [5, 5.41) is 0. The van der Waals surface area contributed by atoms with Crippen LogP contribution in [0.25, 0.3) is 22.7 Å². The predicted molar refractivity (Wildman–Crippen MR) is 99.4 cm³/mol. The lowest BCUT2D eigenvalue weighted by molar-refractivity contribution is 0.551. The van der Waals surface area contributed by atoms with Crippen LogP contribution < -0.4 is 0 Å². The van der Waals surface area contributed by atoms with Crippen LogP contribution in [0.3, 0.4) is 0 Å². The standard InChI is InChI=1S/C21H26N2O/c1-13-9-8-10-16(22-13)19-23-17-12-14(20(2,3)4)11-15(18(17)24-19)21(5,6)7/h8-12H,1-7H3. The first-order valence-electron chi connectivity index (χ1n) is 8.45. The molecule has 3 heteroatoms. The van der Waals surface area contributed by atoms with E-state index in [1.165, 1.54) is 11.1 Å². The van der Waals surface area contributed by atoms with E-state index in [2.05, 4.69) is 58.7 Å². The lowest BCUT2D eigenvalue weighted by atomic mass is 9.80. The highest BCUT2D eigenvalue weighted by atomic mass is 16.3. The summed E-state index contributed by atoms with van der Waals surface area (Å²) in [6, 6.07) is 10.3. The lowest BCUT2D eigenvalue weighted by Gasteiger charge is -2.24. The molecule has 1 aromatic carbocycles. The number of oxazole rings is 1. The minimum Gasteiger partial charge on any atom is -0.434 e. The van der Waals surface area contributed by atoms with Gasteiger partial charge in [0.15, 0.2) is 5.58 Å². The van der Waals surface area contributed by atoms with Gasteiger partial charge in [0.25, 0.3) is 0 Å². The fourth-order valence-electron chi connectivity index (χ4n) is 2.79. The zero-order valence-electron chi connectivity index (χ0n) is 15.7. The number of hydrogen-bond acceptors (Lipinski definition) is 3. The molecule has 0 saturated carbocycles. The van der Waals surface area contributed by atoms with Crippen molar-refractivity contribution in [3.05, 3.63) is 47.2 Å². The largest absolute Gasteiger partial charge is 0.434 e. The summed E-state index contributed by atoms with van der Waals surface area (Å²) >= 11 is 0. The Morgan fingerprint density at radius 2 is 1.58 bits per heavy atom. The Morgan fingerprint density at radius 3 is 2.17 bits per heavy atom. The molecule has 0 amide bonds. The molecule has 0 atom stereocenters. The first-order valence-corrected chi connectivity index (χ1v) is 8.45. The third-order valence-corrected chi connectivity index (χ3v) is 4.27. The van der Waals surface area contributed by atoms with Crippen LogP contribution >= 0.6 is 0 Å². The van der Waals surface area contributed by atoms with E-state index in [4.69, 9.17) is 9.40 Å². The van der Waals surface area contributed by atoms with Gasteiger partial charge in [-0.2, -0.15) is 0 Å². The van der Waals surface area contributed by atoms with Crippen LogP contribution in [0.4, 0.5) is 0 Å². The third-order valence-electron chi connectivity index (χ3n) is 4.27. The summed E-state index contributed by atoms with van der Waals surface area (Å²) in [6.07, 6.45) is 0. The zero-order valence-corrected chi connectivity index (χ0v) is 15.7. The van der Waals surface area contributed by atoms with Crippen molar-refractivity contribution in [3.8, 4) is 11.6 Å². The van der Waals surface area contributed by atoms with Gasteiger partial charge in [0.2, 0.25) is 5.89 Å². The van der Waals surface area contributed by atoms with E-state index in [1.54, 1.807) is 0 Å². The summed E-state index contributed by atoms with van der Waals surface area (Å²) in [6.45, 7) is 15.3. The highest BCUT2D eigenvalue weighted by molar-refractivity contribution is 5.81. The minimum absolute atomic E-state index is 0.0175. The average molecular weight is 322 g/mol. The van der Waals surface area contributed by atoms with Gasteiger partial charge in [0, 0.05) is 11.3 Å². The van der Waals surface area contributed by atoms with Crippen molar-refractivity contribution in [3.63, 3.8) is 0 Å². The molecule has 3 rings (SSSR count). The quantitative estimate of drug-likeness (QED) is 0.569. The zero-order chi connectivity index (χ0) is 17.7. The van der Waals surface area contributed by atoms with Gasteiger partial charge in [-0.3, -0.25) is 0 Å². The van der Waals surface area contributed by atoms with Crippen LogP contribution in [0.1, 0.15) is 58.4 Å². The Kier molecular flexibility index (Phi) is 3.78. The minimum atomic E-state index is -0.0175. The number of rotatable bonds is 1. The number of aromatic nitrogens is 2. The fourth-order valence-corrected chi connectivity index (χ4v) is 2.79. The lowest BCUT2D eigenvalue weighted by Crippen LogP contribution is -2.16. The molecule has 126 valence electrons. The predicted octanol–water partition coefficient (Wildman–Crippen LogP) is 5.79. The third kappa shape index (κ3) is 3.08. The van der Waals surface area contributed by atoms with Gasteiger partial charge >= 0.3 is 0 Å². The van der Waals surface area contributed by atoms with E-state index in [9.17, 15) is 0 Å². The monoisotopic (exact) mass is 322 g/mol. The van der Waals surface area contributed by atoms with Gasteiger partial charge < -0.3 is 4.42 Å². The summed E-state index contributed by atoms with van der Waals surface area (Å²) in [5.41, 5.74) is 6.03. The Labute approximate surface area is 144 Å². The summed E-state index contributed by atoms with van der Waals surface area (Å²) in [5.74, 6) is 0.588. The Bertz CT molecular complexity index is 892. The molecule has 0 N–H and O–H groups in total. The van der Waals surface area contributed by atoms with Gasteiger partial charge in [-0.15, -0.1) is 0 Å². The topological polar surface area (TPSA) is 38.9 Å². The van der Waals surface area contributed by atoms with Crippen LogP contribution in [0.2, 0.25) is 0 Å². The molecular weight excluding hydrogens is 296 g/mol.